The fraction of sp³-hybridized carbons (Fsp3) is 0.238. The Labute approximate surface area is 161 Å². The van der Waals surface area contributed by atoms with Gasteiger partial charge in [0.05, 0.1) is 12.6 Å². The minimum atomic E-state index is -0.201. The number of ether oxygens (including phenoxy) is 3. The molecule has 2 N–H and O–H groups in total. The van der Waals surface area contributed by atoms with Crippen molar-refractivity contribution in [3.8, 4) is 17.2 Å². The molecule has 2 heterocycles. The van der Waals surface area contributed by atoms with Gasteiger partial charge in [0.1, 0.15) is 19.0 Å². The number of anilines is 1. The Morgan fingerprint density at radius 1 is 1.11 bits per heavy atom. The lowest BCUT2D eigenvalue weighted by molar-refractivity contribution is -0.116. The standard InChI is InChI=1S/C21H20N2O5/c1-26-16-5-2-13-10-14(21(25)23-17(13)12-16)3-7-20(24)22-15-4-6-18-19(11-15)28-9-8-27-18/h2,4-6,10-12H,3,7-9H2,1H3,(H,22,24)(H,23,25). The van der Waals surface area contributed by atoms with Crippen LogP contribution in [-0.2, 0) is 11.2 Å². The first-order valence-electron chi connectivity index (χ1n) is 9.02. The Morgan fingerprint density at radius 3 is 2.75 bits per heavy atom. The van der Waals surface area contributed by atoms with E-state index in [1.165, 1.54) is 0 Å². The summed E-state index contributed by atoms with van der Waals surface area (Å²) in [5, 5.41) is 3.72. The zero-order chi connectivity index (χ0) is 19.5. The van der Waals surface area contributed by atoms with Gasteiger partial charge in [-0.25, -0.2) is 0 Å². The largest absolute Gasteiger partial charge is 0.497 e. The maximum atomic E-state index is 12.3. The lowest BCUT2D eigenvalue weighted by Crippen LogP contribution is -2.18. The van der Waals surface area contributed by atoms with Crippen LogP contribution in [0.5, 0.6) is 17.2 Å². The van der Waals surface area contributed by atoms with Gasteiger partial charge in [0.25, 0.3) is 5.56 Å². The third kappa shape index (κ3) is 3.78. The molecule has 1 aliphatic heterocycles. The summed E-state index contributed by atoms with van der Waals surface area (Å²) in [5.74, 6) is 1.79. The van der Waals surface area contributed by atoms with Crippen LogP contribution in [0.2, 0.25) is 0 Å². The van der Waals surface area contributed by atoms with Gasteiger partial charge in [-0.05, 0) is 42.1 Å². The van der Waals surface area contributed by atoms with E-state index in [-0.39, 0.29) is 17.9 Å². The molecule has 28 heavy (non-hydrogen) atoms. The van der Waals surface area contributed by atoms with Gasteiger partial charge in [-0.3, -0.25) is 9.59 Å². The summed E-state index contributed by atoms with van der Waals surface area (Å²) in [6.07, 6.45) is 0.535. The zero-order valence-electron chi connectivity index (χ0n) is 15.4. The van der Waals surface area contributed by atoms with Crippen molar-refractivity contribution in [3.63, 3.8) is 0 Å². The molecule has 0 aliphatic carbocycles. The molecule has 0 unspecified atom stereocenters. The van der Waals surface area contributed by atoms with E-state index in [0.29, 0.717) is 53.7 Å². The highest BCUT2D eigenvalue weighted by Gasteiger charge is 2.13. The number of aromatic amines is 1. The van der Waals surface area contributed by atoms with Crippen LogP contribution in [0.4, 0.5) is 5.69 Å². The second-order valence-corrected chi connectivity index (χ2v) is 6.48. The number of carbonyl (C=O) groups excluding carboxylic acids is 1. The van der Waals surface area contributed by atoms with Crippen molar-refractivity contribution in [2.75, 3.05) is 25.6 Å². The number of aryl methyl sites for hydroxylation is 1. The summed E-state index contributed by atoms with van der Waals surface area (Å²) < 4.78 is 16.2. The molecule has 0 radical (unpaired) electrons. The average Bonchev–Trinajstić information content (AvgIpc) is 2.71. The lowest BCUT2D eigenvalue weighted by Gasteiger charge is -2.19. The van der Waals surface area contributed by atoms with Gasteiger partial charge >= 0.3 is 0 Å². The third-order valence-electron chi connectivity index (χ3n) is 4.58. The Bertz CT molecular complexity index is 1090. The van der Waals surface area contributed by atoms with Crippen molar-refractivity contribution >= 4 is 22.5 Å². The molecule has 0 saturated carbocycles. The monoisotopic (exact) mass is 380 g/mol. The average molecular weight is 380 g/mol. The molecule has 0 fully saturated rings. The zero-order valence-corrected chi connectivity index (χ0v) is 15.4. The molecule has 144 valence electrons. The van der Waals surface area contributed by atoms with E-state index in [2.05, 4.69) is 10.3 Å². The quantitative estimate of drug-likeness (QED) is 0.710. The number of amides is 1. The van der Waals surface area contributed by atoms with Crippen LogP contribution < -0.4 is 25.1 Å². The van der Waals surface area contributed by atoms with Crippen LogP contribution in [0, 0.1) is 0 Å². The first-order chi connectivity index (χ1) is 13.6. The first kappa shape index (κ1) is 17.9. The highest BCUT2D eigenvalue weighted by molar-refractivity contribution is 5.91. The van der Waals surface area contributed by atoms with Crippen LogP contribution in [0.15, 0.2) is 47.3 Å². The fourth-order valence-corrected chi connectivity index (χ4v) is 3.13. The Kier molecular flexibility index (Phi) is 4.89. The highest BCUT2D eigenvalue weighted by Crippen LogP contribution is 2.32. The van der Waals surface area contributed by atoms with Crippen molar-refractivity contribution in [3.05, 3.63) is 58.4 Å². The second kappa shape index (κ2) is 7.64. The van der Waals surface area contributed by atoms with Gasteiger partial charge in [-0.1, -0.05) is 0 Å². The number of pyridine rings is 1. The van der Waals surface area contributed by atoms with Crippen molar-refractivity contribution in [2.45, 2.75) is 12.8 Å². The number of fused-ring (bicyclic) bond motifs is 2. The van der Waals surface area contributed by atoms with Crippen molar-refractivity contribution in [2.24, 2.45) is 0 Å². The Hall–Kier alpha value is -3.48. The van der Waals surface area contributed by atoms with E-state index in [4.69, 9.17) is 14.2 Å². The van der Waals surface area contributed by atoms with Gasteiger partial charge in [0.15, 0.2) is 11.5 Å². The van der Waals surface area contributed by atoms with E-state index < -0.39 is 0 Å². The molecule has 1 aromatic heterocycles. The number of benzene rings is 2. The summed E-state index contributed by atoms with van der Waals surface area (Å²) in [7, 11) is 1.58. The Balaban J connectivity index is 1.43. The number of rotatable bonds is 5. The minimum Gasteiger partial charge on any atom is -0.497 e. The summed E-state index contributed by atoms with van der Waals surface area (Å²) >= 11 is 0. The third-order valence-corrected chi connectivity index (χ3v) is 4.58. The molecular formula is C21H20N2O5. The van der Waals surface area contributed by atoms with Crippen molar-refractivity contribution < 1.29 is 19.0 Å². The SMILES string of the molecule is COc1ccc2cc(CCC(=O)Nc3ccc4c(c3)OCCO4)c(=O)[nH]c2c1. The van der Waals surface area contributed by atoms with Crippen LogP contribution in [-0.4, -0.2) is 31.2 Å². The van der Waals surface area contributed by atoms with Crippen LogP contribution in [0.25, 0.3) is 10.9 Å². The molecule has 1 amide bonds. The maximum Gasteiger partial charge on any atom is 0.251 e. The van der Waals surface area contributed by atoms with Gasteiger partial charge < -0.3 is 24.5 Å². The Morgan fingerprint density at radius 2 is 1.93 bits per heavy atom. The van der Waals surface area contributed by atoms with Crippen LogP contribution in [0.1, 0.15) is 12.0 Å². The summed E-state index contributed by atoms with van der Waals surface area (Å²) in [6.45, 7) is 1.01. The van der Waals surface area contributed by atoms with Crippen LogP contribution >= 0.6 is 0 Å². The van der Waals surface area contributed by atoms with E-state index in [9.17, 15) is 9.59 Å². The smallest absolute Gasteiger partial charge is 0.251 e. The van der Waals surface area contributed by atoms with Gasteiger partial charge in [-0.15, -0.1) is 0 Å². The number of aromatic nitrogens is 1. The molecule has 7 heteroatoms. The number of nitrogens with one attached hydrogen (secondary N) is 2. The summed E-state index contributed by atoms with van der Waals surface area (Å²) in [4.78, 5) is 27.4. The molecule has 3 aromatic rings. The summed E-state index contributed by atoms with van der Waals surface area (Å²) in [6, 6.07) is 12.6. The number of methoxy groups -OCH3 is 1. The molecule has 1 aliphatic rings. The van der Waals surface area contributed by atoms with Crippen LogP contribution in [0.3, 0.4) is 0 Å². The van der Waals surface area contributed by atoms with Crippen molar-refractivity contribution in [1.29, 1.82) is 0 Å². The first-order valence-corrected chi connectivity index (χ1v) is 9.02. The minimum absolute atomic E-state index is 0.175. The van der Waals surface area contributed by atoms with E-state index in [1.54, 1.807) is 31.4 Å². The molecule has 2 aromatic carbocycles. The second-order valence-electron chi connectivity index (χ2n) is 6.48. The molecule has 7 nitrogen and oxygen atoms in total. The van der Waals surface area contributed by atoms with E-state index in [1.807, 2.05) is 18.2 Å². The molecule has 0 saturated heterocycles. The van der Waals surface area contributed by atoms with E-state index in [0.717, 1.165) is 5.39 Å². The van der Waals surface area contributed by atoms with Crippen molar-refractivity contribution in [1.82, 2.24) is 4.98 Å². The molecular weight excluding hydrogens is 360 g/mol. The number of hydrogen-bond acceptors (Lipinski definition) is 5. The topological polar surface area (TPSA) is 89.7 Å². The normalized spacial score (nSPS) is 12.6. The fourth-order valence-electron chi connectivity index (χ4n) is 3.13. The maximum absolute atomic E-state index is 12.3. The lowest BCUT2D eigenvalue weighted by atomic mass is 10.1. The van der Waals surface area contributed by atoms with Gasteiger partial charge in [0, 0.05) is 29.8 Å². The number of carbonyl (C=O) groups is 1. The predicted octanol–water partition coefficient (Wildman–Crippen LogP) is 2.88. The summed E-state index contributed by atoms with van der Waals surface area (Å²) in [5.41, 5.74) is 1.70. The van der Waals surface area contributed by atoms with E-state index >= 15 is 0 Å². The molecule has 4 rings (SSSR count). The van der Waals surface area contributed by atoms with Gasteiger partial charge in [-0.2, -0.15) is 0 Å². The molecule has 0 bridgehead atoms. The van der Waals surface area contributed by atoms with Gasteiger partial charge in [0.2, 0.25) is 5.91 Å². The number of H-pyrrole nitrogens is 1. The molecule has 0 atom stereocenters. The predicted molar refractivity (Wildman–Crippen MR) is 106 cm³/mol. The highest BCUT2D eigenvalue weighted by atomic mass is 16.6. The number of hydrogen-bond donors (Lipinski definition) is 2. The molecule has 0 spiro atoms.